The number of ether oxygens (including phenoxy) is 2. The van der Waals surface area contributed by atoms with Crippen molar-refractivity contribution in [2.75, 3.05) is 26.8 Å². The highest BCUT2D eigenvalue weighted by molar-refractivity contribution is 5.69. The molecule has 0 spiro atoms. The van der Waals surface area contributed by atoms with E-state index in [1.807, 2.05) is 20.8 Å². The van der Waals surface area contributed by atoms with Crippen LogP contribution in [0, 0.1) is 5.41 Å². The average Bonchev–Trinajstić information content (AvgIpc) is 2.38. The first-order valence-electron chi connectivity index (χ1n) is 7.25. The van der Waals surface area contributed by atoms with Crippen molar-refractivity contribution in [3.8, 4) is 0 Å². The highest BCUT2D eigenvalue weighted by Crippen LogP contribution is 2.34. The summed E-state index contributed by atoms with van der Waals surface area (Å²) in [7, 11) is 1.67. The molecule has 0 radical (unpaired) electrons. The zero-order chi connectivity index (χ0) is 15.2. The van der Waals surface area contributed by atoms with Gasteiger partial charge in [-0.1, -0.05) is 0 Å². The van der Waals surface area contributed by atoms with Gasteiger partial charge in [-0.15, -0.1) is 0 Å². The van der Waals surface area contributed by atoms with Crippen LogP contribution in [-0.2, 0) is 14.3 Å². The van der Waals surface area contributed by atoms with Gasteiger partial charge in [0, 0.05) is 32.2 Å². The Bertz CT molecular complexity index is 327. The van der Waals surface area contributed by atoms with Crippen molar-refractivity contribution >= 4 is 12.4 Å². The van der Waals surface area contributed by atoms with E-state index in [4.69, 9.17) is 9.47 Å². The Labute approximate surface area is 121 Å². The van der Waals surface area contributed by atoms with Crippen LogP contribution >= 0.6 is 0 Å². The molecule has 1 aliphatic rings. The molecule has 0 bridgehead atoms. The number of nitrogens with zero attached hydrogens (tertiary/aromatic N) is 1. The lowest BCUT2D eigenvalue weighted by Crippen LogP contribution is -2.45. The van der Waals surface area contributed by atoms with Gasteiger partial charge in [0.1, 0.15) is 11.9 Å². The molecule has 5 heteroatoms. The summed E-state index contributed by atoms with van der Waals surface area (Å²) >= 11 is 0. The Morgan fingerprint density at radius 1 is 1.30 bits per heavy atom. The number of rotatable bonds is 5. The first-order chi connectivity index (χ1) is 9.32. The average molecular weight is 285 g/mol. The maximum Gasteiger partial charge on any atom is 0.410 e. The fourth-order valence-electron chi connectivity index (χ4n) is 2.46. The lowest BCUT2D eigenvalue weighted by atomic mass is 9.76. The largest absolute Gasteiger partial charge is 0.444 e. The standard InChI is InChI=1S/C15H27NO4/c1-14(2,3)20-13(18)16-9-7-15(12-17,8-10-16)6-5-11-19-4/h12H,5-11H2,1-4H3. The Morgan fingerprint density at radius 3 is 2.35 bits per heavy atom. The van der Waals surface area contributed by atoms with Crippen molar-refractivity contribution in [3.63, 3.8) is 0 Å². The Morgan fingerprint density at radius 2 is 1.90 bits per heavy atom. The van der Waals surface area contributed by atoms with Crippen molar-refractivity contribution in [2.24, 2.45) is 5.41 Å². The molecule has 5 nitrogen and oxygen atoms in total. The Kier molecular flexibility index (Phi) is 5.99. The first-order valence-corrected chi connectivity index (χ1v) is 7.25. The van der Waals surface area contributed by atoms with E-state index in [1.54, 1.807) is 12.0 Å². The number of carbonyl (C=O) groups is 2. The van der Waals surface area contributed by atoms with E-state index in [0.717, 1.165) is 19.1 Å². The van der Waals surface area contributed by atoms with Gasteiger partial charge >= 0.3 is 6.09 Å². The Hall–Kier alpha value is -1.10. The molecule has 20 heavy (non-hydrogen) atoms. The van der Waals surface area contributed by atoms with Crippen molar-refractivity contribution in [1.29, 1.82) is 0 Å². The molecule has 116 valence electrons. The number of hydrogen-bond donors (Lipinski definition) is 0. The molecule has 1 saturated heterocycles. The summed E-state index contributed by atoms with van der Waals surface area (Å²) in [4.78, 5) is 25.1. The number of piperidine rings is 1. The lowest BCUT2D eigenvalue weighted by Gasteiger charge is -2.38. The fourth-order valence-corrected chi connectivity index (χ4v) is 2.46. The van der Waals surface area contributed by atoms with Gasteiger partial charge in [-0.05, 0) is 46.5 Å². The van der Waals surface area contributed by atoms with E-state index in [-0.39, 0.29) is 11.5 Å². The van der Waals surface area contributed by atoms with Gasteiger partial charge in [0.2, 0.25) is 0 Å². The number of aldehydes is 1. The van der Waals surface area contributed by atoms with Crippen LogP contribution in [-0.4, -0.2) is 49.7 Å². The second kappa shape index (κ2) is 7.07. The molecule has 1 fully saturated rings. The molecule has 0 aromatic heterocycles. The van der Waals surface area contributed by atoms with Crippen LogP contribution in [0.25, 0.3) is 0 Å². The molecule has 1 amide bonds. The van der Waals surface area contributed by atoms with Crippen LogP contribution in [0.1, 0.15) is 46.5 Å². The van der Waals surface area contributed by atoms with Crippen LogP contribution in [0.15, 0.2) is 0 Å². The van der Waals surface area contributed by atoms with Crippen molar-refractivity contribution in [2.45, 2.75) is 52.1 Å². The van der Waals surface area contributed by atoms with Gasteiger partial charge in [0.15, 0.2) is 0 Å². The fraction of sp³-hybridized carbons (Fsp3) is 0.867. The van der Waals surface area contributed by atoms with E-state index < -0.39 is 5.60 Å². The van der Waals surface area contributed by atoms with Gasteiger partial charge in [-0.2, -0.15) is 0 Å². The number of methoxy groups -OCH3 is 1. The summed E-state index contributed by atoms with van der Waals surface area (Å²) in [6.45, 7) is 7.41. The highest BCUT2D eigenvalue weighted by Gasteiger charge is 2.36. The molecule has 0 aromatic carbocycles. The summed E-state index contributed by atoms with van der Waals surface area (Å²) in [5, 5.41) is 0. The Balaban J connectivity index is 2.48. The van der Waals surface area contributed by atoms with Gasteiger partial charge in [-0.3, -0.25) is 0 Å². The SMILES string of the molecule is COCCCC1(C=O)CCN(C(=O)OC(C)(C)C)CC1. The second-order valence-electron chi connectivity index (χ2n) is 6.54. The highest BCUT2D eigenvalue weighted by atomic mass is 16.6. The first kappa shape index (κ1) is 17.0. The summed E-state index contributed by atoms with van der Waals surface area (Å²) < 4.78 is 10.4. The van der Waals surface area contributed by atoms with Crippen molar-refractivity contribution < 1.29 is 19.1 Å². The van der Waals surface area contributed by atoms with Crippen LogP contribution in [0.2, 0.25) is 0 Å². The van der Waals surface area contributed by atoms with E-state index in [2.05, 4.69) is 0 Å². The number of likely N-dealkylation sites (tertiary alicyclic amines) is 1. The second-order valence-corrected chi connectivity index (χ2v) is 6.54. The van der Waals surface area contributed by atoms with E-state index in [0.29, 0.717) is 32.5 Å². The van der Waals surface area contributed by atoms with Crippen LogP contribution in [0.4, 0.5) is 4.79 Å². The van der Waals surface area contributed by atoms with E-state index >= 15 is 0 Å². The zero-order valence-corrected chi connectivity index (χ0v) is 13.1. The van der Waals surface area contributed by atoms with Crippen LogP contribution < -0.4 is 0 Å². The molecule has 0 unspecified atom stereocenters. The molecular formula is C15H27NO4. The zero-order valence-electron chi connectivity index (χ0n) is 13.1. The number of amides is 1. The lowest BCUT2D eigenvalue weighted by molar-refractivity contribution is -0.119. The topological polar surface area (TPSA) is 55.8 Å². The number of carbonyl (C=O) groups excluding carboxylic acids is 2. The number of hydrogen-bond acceptors (Lipinski definition) is 4. The predicted octanol–water partition coefficient (Wildman–Crippen LogP) is 2.63. The predicted molar refractivity (Wildman–Crippen MR) is 76.6 cm³/mol. The van der Waals surface area contributed by atoms with Crippen molar-refractivity contribution in [1.82, 2.24) is 4.90 Å². The monoisotopic (exact) mass is 285 g/mol. The molecule has 0 saturated carbocycles. The van der Waals surface area contributed by atoms with E-state index in [1.165, 1.54) is 0 Å². The maximum absolute atomic E-state index is 12.0. The smallest absolute Gasteiger partial charge is 0.410 e. The van der Waals surface area contributed by atoms with Gasteiger partial charge < -0.3 is 19.2 Å². The summed E-state index contributed by atoms with van der Waals surface area (Å²) in [5.41, 5.74) is -0.772. The third-order valence-corrected chi connectivity index (χ3v) is 3.68. The minimum atomic E-state index is -0.477. The minimum Gasteiger partial charge on any atom is -0.444 e. The van der Waals surface area contributed by atoms with Crippen LogP contribution in [0.3, 0.4) is 0 Å². The van der Waals surface area contributed by atoms with Crippen LogP contribution in [0.5, 0.6) is 0 Å². The summed E-state index contributed by atoms with van der Waals surface area (Å²) in [6.07, 6.45) is 3.90. The normalized spacial score (nSPS) is 18.7. The maximum atomic E-state index is 12.0. The van der Waals surface area contributed by atoms with Gasteiger partial charge in [0.25, 0.3) is 0 Å². The minimum absolute atomic E-state index is 0.283. The summed E-state index contributed by atoms with van der Waals surface area (Å²) in [5.74, 6) is 0. The molecule has 1 aliphatic heterocycles. The molecule has 1 heterocycles. The molecule has 0 N–H and O–H groups in total. The quantitative estimate of drug-likeness (QED) is 0.575. The third-order valence-electron chi connectivity index (χ3n) is 3.68. The van der Waals surface area contributed by atoms with E-state index in [9.17, 15) is 9.59 Å². The molecule has 0 aromatic rings. The molecule has 1 rings (SSSR count). The van der Waals surface area contributed by atoms with Crippen molar-refractivity contribution in [3.05, 3.63) is 0 Å². The summed E-state index contributed by atoms with van der Waals surface area (Å²) in [6, 6.07) is 0. The van der Waals surface area contributed by atoms with Gasteiger partial charge in [-0.25, -0.2) is 4.79 Å². The molecule has 0 atom stereocenters. The molecule has 0 aliphatic carbocycles. The van der Waals surface area contributed by atoms with Gasteiger partial charge in [0.05, 0.1) is 0 Å². The third kappa shape index (κ3) is 5.12. The molecular weight excluding hydrogens is 258 g/mol.